The average molecular weight is 239 g/mol. The van der Waals surface area contributed by atoms with Crippen molar-refractivity contribution < 1.29 is 10.2 Å². The summed E-state index contributed by atoms with van der Waals surface area (Å²) in [6.07, 6.45) is 0. The van der Waals surface area contributed by atoms with Gasteiger partial charge in [-0.1, -0.05) is 0 Å². The molecular weight excluding hydrogens is 218 g/mol. The van der Waals surface area contributed by atoms with Crippen molar-refractivity contribution >= 4 is 5.69 Å². The van der Waals surface area contributed by atoms with Crippen molar-refractivity contribution in [1.82, 2.24) is 4.98 Å². The number of aliphatic hydroxyl groups is 2. The van der Waals surface area contributed by atoms with E-state index < -0.39 is 0 Å². The van der Waals surface area contributed by atoms with Crippen LogP contribution < -0.4 is 10.6 Å². The predicted molar refractivity (Wildman–Crippen MR) is 68.0 cm³/mol. The fraction of sp³-hybridized carbons (Fsp3) is 0.583. The van der Waals surface area contributed by atoms with Crippen molar-refractivity contribution in [3.05, 3.63) is 23.0 Å². The Kier molecular flexibility index (Phi) is 5.34. The Labute approximate surface area is 102 Å². The van der Waals surface area contributed by atoms with Gasteiger partial charge >= 0.3 is 0 Å². The van der Waals surface area contributed by atoms with Crippen LogP contribution in [0.2, 0.25) is 0 Å². The lowest BCUT2D eigenvalue weighted by molar-refractivity contribution is 0.281. The van der Waals surface area contributed by atoms with Gasteiger partial charge in [-0.3, -0.25) is 4.98 Å². The van der Waals surface area contributed by atoms with Crippen molar-refractivity contribution in [1.29, 1.82) is 0 Å². The Morgan fingerprint density at radius 2 is 1.82 bits per heavy atom. The topological polar surface area (TPSA) is 82.6 Å². The van der Waals surface area contributed by atoms with E-state index in [1.165, 1.54) is 0 Å². The summed E-state index contributed by atoms with van der Waals surface area (Å²) in [6, 6.07) is 1.94. The molecule has 0 fully saturated rings. The summed E-state index contributed by atoms with van der Waals surface area (Å²) < 4.78 is 0. The minimum atomic E-state index is 0.0461. The number of nitrogens with zero attached hydrogens (tertiary/aromatic N) is 2. The van der Waals surface area contributed by atoms with Gasteiger partial charge in [0.15, 0.2) is 0 Å². The lowest BCUT2D eigenvalue weighted by Crippen LogP contribution is -2.31. The van der Waals surface area contributed by atoms with E-state index in [9.17, 15) is 0 Å². The van der Waals surface area contributed by atoms with E-state index in [-0.39, 0.29) is 13.2 Å². The molecule has 1 rings (SSSR count). The molecule has 1 aromatic rings. The highest BCUT2D eigenvalue weighted by Gasteiger charge is 2.13. The fourth-order valence-corrected chi connectivity index (χ4v) is 1.96. The van der Waals surface area contributed by atoms with E-state index in [1.54, 1.807) is 0 Å². The second-order valence-corrected chi connectivity index (χ2v) is 3.99. The van der Waals surface area contributed by atoms with Crippen LogP contribution in [0.3, 0.4) is 0 Å². The third-order valence-electron chi connectivity index (χ3n) is 2.72. The quantitative estimate of drug-likeness (QED) is 0.648. The summed E-state index contributed by atoms with van der Waals surface area (Å²) in [5.41, 5.74) is 9.49. The standard InChI is InChI=1S/C12H21N3O2/c1-9-7-12(11(8-13)10(2)14-9)15(3-5-16)4-6-17/h7,16-17H,3-6,8,13H2,1-2H3. The van der Waals surface area contributed by atoms with Crippen LogP contribution >= 0.6 is 0 Å². The van der Waals surface area contributed by atoms with E-state index in [2.05, 4.69) is 4.98 Å². The predicted octanol–water partition coefficient (Wildman–Crippen LogP) is -0.0519. The number of pyridine rings is 1. The number of rotatable bonds is 6. The van der Waals surface area contributed by atoms with E-state index in [1.807, 2.05) is 24.8 Å². The van der Waals surface area contributed by atoms with Gasteiger partial charge in [-0.2, -0.15) is 0 Å². The number of hydrogen-bond acceptors (Lipinski definition) is 5. The van der Waals surface area contributed by atoms with Crippen LogP contribution in [-0.4, -0.2) is 41.5 Å². The molecule has 1 aromatic heterocycles. The molecule has 5 nitrogen and oxygen atoms in total. The highest BCUT2D eigenvalue weighted by molar-refractivity contribution is 5.56. The maximum absolute atomic E-state index is 9.06. The molecular formula is C12H21N3O2. The molecule has 96 valence electrons. The zero-order chi connectivity index (χ0) is 12.8. The first-order valence-electron chi connectivity index (χ1n) is 5.77. The monoisotopic (exact) mass is 239 g/mol. The molecule has 0 atom stereocenters. The van der Waals surface area contributed by atoms with Gasteiger partial charge in [-0.25, -0.2) is 0 Å². The minimum absolute atomic E-state index is 0.0461. The molecule has 0 radical (unpaired) electrons. The van der Waals surface area contributed by atoms with Crippen LogP contribution in [0.4, 0.5) is 5.69 Å². The van der Waals surface area contributed by atoms with Gasteiger partial charge in [0.2, 0.25) is 0 Å². The highest BCUT2D eigenvalue weighted by atomic mass is 16.3. The molecule has 0 aliphatic carbocycles. The Morgan fingerprint density at radius 3 is 2.29 bits per heavy atom. The van der Waals surface area contributed by atoms with Gasteiger partial charge < -0.3 is 20.8 Å². The van der Waals surface area contributed by atoms with Gasteiger partial charge in [0.1, 0.15) is 0 Å². The van der Waals surface area contributed by atoms with Crippen molar-refractivity contribution in [2.24, 2.45) is 5.73 Å². The number of aromatic nitrogens is 1. The zero-order valence-electron chi connectivity index (χ0n) is 10.5. The second kappa shape index (κ2) is 6.54. The van der Waals surface area contributed by atoms with Crippen LogP contribution in [0, 0.1) is 13.8 Å². The van der Waals surface area contributed by atoms with E-state index in [0.717, 1.165) is 22.6 Å². The third kappa shape index (κ3) is 3.39. The summed E-state index contributed by atoms with van der Waals surface area (Å²) >= 11 is 0. The van der Waals surface area contributed by atoms with Gasteiger partial charge in [0.25, 0.3) is 0 Å². The SMILES string of the molecule is Cc1cc(N(CCO)CCO)c(CN)c(C)n1. The molecule has 0 saturated carbocycles. The molecule has 0 aromatic carbocycles. The molecule has 0 aliphatic rings. The van der Waals surface area contributed by atoms with E-state index in [0.29, 0.717) is 19.6 Å². The van der Waals surface area contributed by atoms with Crippen molar-refractivity contribution in [3.8, 4) is 0 Å². The summed E-state index contributed by atoms with van der Waals surface area (Å²) in [4.78, 5) is 6.31. The molecule has 0 saturated heterocycles. The largest absolute Gasteiger partial charge is 0.395 e. The molecule has 0 amide bonds. The Morgan fingerprint density at radius 1 is 1.24 bits per heavy atom. The number of hydrogen-bond donors (Lipinski definition) is 3. The maximum atomic E-state index is 9.06. The first-order valence-corrected chi connectivity index (χ1v) is 5.77. The zero-order valence-corrected chi connectivity index (χ0v) is 10.5. The Bertz CT molecular complexity index is 363. The fourth-order valence-electron chi connectivity index (χ4n) is 1.96. The molecule has 17 heavy (non-hydrogen) atoms. The number of aryl methyl sites for hydroxylation is 2. The molecule has 4 N–H and O–H groups in total. The van der Waals surface area contributed by atoms with Gasteiger partial charge in [-0.15, -0.1) is 0 Å². The van der Waals surface area contributed by atoms with Gasteiger partial charge in [-0.05, 0) is 19.9 Å². The van der Waals surface area contributed by atoms with Gasteiger partial charge in [0, 0.05) is 42.3 Å². The van der Waals surface area contributed by atoms with Crippen LogP contribution in [0.25, 0.3) is 0 Å². The maximum Gasteiger partial charge on any atom is 0.0606 e. The Balaban J connectivity index is 3.15. The molecule has 5 heteroatoms. The van der Waals surface area contributed by atoms with Crippen molar-refractivity contribution in [3.63, 3.8) is 0 Å². The first kappa shape index (κ1) is 13.9. The normalized spacial score (nSPS) is 10.6. The molecule has 0 aliphatic heterocycles. The number of aliphatic hydroxyl groups excluding tert-OH is 2. The molecule has 1 heterocycles. The number of nitrogens with two attached hydrogens (primary N) is 1. The van der Waals surface area contributed by atoms with Crippen molar-refractivity contribution in [2.75, 3.05) is 31.2 Å². The number of anilines is 1. The third-order valence-corrected chi connectivity index (χ3v) is 2.72. The van der Waals surface area contributed by atoms with Crippen molar-refractivity contribution in [2.45, 2.75) is 20.4 Å². The highest BCUT2D eigenvalue weighted by Crippen LogP contribution is 2.23. The summed E-state index contributed by atoms with van der Waals surface area (Å²) in [5, 5.41) is 18.1. The van der Waals surface area contributed by atoms with Crippen LogP contribution in [0.1, 0.15) is 17.0 Å². The Hall–Kier alpha value is -1.17. The molecule has 0 unspecified atom stereocenters. The van der Waals surface area contributed by atoms with E-state index >= 15 is 0 Å². The van der Waals surface area contributed by atoms with Crippen LogP contribution in [0.5, 0.6) is 0 Å². The van der Waals surface area contributed by atoms with E-state index in [4.69, 9.17) is 15.9 Å². The van der Waals surface area contributed by atoms with Crippen LogP contribution in [-0.2, 0) is 6.54 Å². The minimum Gasteiger partial charge on any atom is -0.395 e. The summed E-state index contributed by atoms with van der Waals surface area (Å²) in [6.45, 7) is 5.31. The first-order chi connectivity index (χ1) is 8.13. The molecule has 0 bridgehead atoms. The smallest absolute Gasteiger partial charge is 0.0606 e. The summed E-state index contributed by atoms with van der Waals surface area (Å²) in [5.74, 6) is 0. The lowest BCUT2D eigenvalue weighted by atomic mass is 10.1. The van der Waals surface area contributed by atoms with Crippen LogP contribution in [0.15, 0.2) is 6.07 Å². The summed E-state index contributed by atoms with van der Waals surface area (Å²) in [7, 11) is 0. The second-order valence-electron chi connectivity index (χ2n) is 3.99. The molecule has 0 spiro atoms. The average Bonchev–Trinajstić information content (AvgIpc) is 2.28. The van der Waals surface area contributed by atoms with Gasteiger partial charge in [0.05, 0.1) is 13.2 Å². The lowest BCUT2D eigenvalue weighted by Gasteiger charge is -2.26.